The Morgan fingerprint density at radius 3 is 2.93 bits per heavy atom. The fraction of sp³-hybridized carbons (Fsp3) is 0.200. The van der Waals surface area contributed by atoms with E-state index in [-0.39, 0.29) is 5.69 Å². The first-order valence-electron chi connectivity index (χ1n) is 4.13. The molecule has 0 bridgehead atoms. The minimum atomic E-state index is -0.467. The Labute approximate surface area is 92.1 Å². The number of thioether (sulfide) groups is 1. The zero-order chi connectivity index (χ0) is 10.6. The van der Waals surface area contributed by atoms with E-state index < -0.39 is 5.82 Å². The van der Waals surface area contributed by atoms with Crippen molar-refractivity contribution in [1.82, 2.24) is 0 Å². The molecule has 4 heteroatoms. The van der Waals surface area contributed by atoms with Crippen LogP contribution in [0.2, 0.25) is 5.02 Å². The molecular formula is C10H11ClFNS. The van der Waals surface area contributed by atoms with Gasteiger partial charge in [0.15, 0.2) is 0 Å². The average Bonchev–Trinajstić information content (AvgIpc) is 2.14. The van der Waals surface area contributed by atoms with Gasteiger partial charge in [-0.05, 0) is 19.1 Å². The van der Waals surface area contributed by atoms with E-state index in [1.807, 2.05) is 19.1 Å². The van der Waals surface area contributed by atoms with Crippen LogP contribution in [-0.4, -0.2) is 5.75 Å². The summed E-state index contributed by atoms with van der Waals surface area (Å²) >= 11 is 7.37. The maximum Gasteiger partial charge on any atom is 0.147 e. The van der Waals surface area contributed by atoms with Crippen molar-refractivity contribution < 1.29 is 4.39 Å². The summed E-state index contributed by atoms with van der Waals surface area (Å²) in [6.45, 7) is 1.95. The standard InChI is InChI=1S/C10H11ClFNS/c1-2-3-4-14-10-6-9(13)8(12)5-7(10)11/h2-3,5-6H,4,13H2,1H3/b3-2-. The largest absolute Gasteiger partial charge is 0.396 e. The van der Waals surface area contributed by atoms with Gasteiger partial charge >= 0.3 is 0 Å². The van der Waals surface area contributed by atoms with Gasteiger partial charge in [-0.1, -0.05) is 23.8 Å². The van der Waals surface area contributed by atoms with Crippen molar-refractivity contribution in [2.75, 3.05) is 11.5 Å². The topological polar surface area (TPSA) is 26.0 Å². The lowest BCUT2D eigenvalue weighted by Gasteiger charge is -2.04. The van der Waals surface area contributed by atoms with Gasteiger partial charge in [0.05, 0.1) is 10.7 Å². The number of nitrogens with two attached hydrogens (primary N) is 1. The summed E-state index contributed by atoms with van der Waals surface area (Å²) in [6.07, 6.45) is 3.95. The van der Waals surface area contributed by atoms with Gasteiger partial charge in [-0.3, -0.25) is 0 Å². The molecule has 0 atom stereocenters. The van der Waals surface area contributed by atoms with Crippen LogP contribution in [0.25, 0.3) is 0 Å². The summed E-state index contributed by atoms with van der Waals surface area (Å²) in [4.78, 5) is 0.809. The zero-order valence-corrected chi connectivity index (χ0v) is 9.33. The third kappa shape index (κ3) is 2.93. The van der Waals surface area contributed by atoms with Crippen LogP contribution in [0.3, 0.4) is 0 Å². The highest BCUT2D eigenvalue weighted by Gasteiger charge is 2.05. The maximum atomic E-state index is 12.9. The van der Waals surface area contributed by atoms with Gasteiger partial charge < -0.3 is 5.73 Å². The van der Waals surface area contributed by atoms with E-state index in [0.717, 1.165) is 10.6 Å². The van der Waals surface area contributed by atoms with Crippen LogP contribution in [0.4, 0.5) is 10.1 Å². The van der Waals surface area contributed by atoms with E-state index in [2.05, 4.69) is 0 Å². The van der Waals surface area contributed by atoms with Crippen molar-refractivity contribution in [2.45, 2.75) is 11.8 Å². The molecule has 0 unspecified atom stereocenters. The number of hydrogen-bond donors (Lipinski definition) is 1. The molecule has 1 aromatic carbocycles. The third-order valence-corrected chi connectivity index (χ3v) is 3.05. The van der Waals surface area contributed by atoms with Crippen molar-refractivity contribution in [2.24, 2.45) is 0 Å². The van der Waals surface area contributed by atoms with Gasteiger partial charge in [0.1, 0.15) is 5.82 Å². The first-order valence-corrected chi connectivity index (χ1v) is 5.50. The van der Waals surface area contributed by atoms with Crippen molar-refractivity contribution in [3.05, 3.63) is 35.1 Å². The van der Waals surface area contributed by atoms with E-state index in [0.29, 0.717) is 5.02 Å². The Hall–Kier alpha value is -0.670. The molecule has 2 N–H and O–H groups in total. The van der Waals surface area contributed by atoms with Gasteiger partial charge in [0, 0.05) is 10.6 Å². The predicted molar refractivity (Wildman–Crippen MR) is 61.4 cm³/mol. The minimum absolute atomic E-state index is 0.136. The van der Waals surface area contributed by atoms with Crippen molar-refractivity contribution in [3.63, 3.8) is 0 Å². The number of halogens is 2. The normalized spacial score (nSPS) is 11.1. The lowest BCUT2D eigenvalue weighted by Crippen LogP contribution is -1.91. The first kappa shape index (κ1) is 11.4. The van der Waals surface area contributed by atoms with Gasteiger partial charge in [-0.15, -0.1) is 11.8 Å². The quantitative estimate of drug-likeness (QED) is 0.487. The van der Waals surface area contributed by atoms with Crippen LogP contribution in [0, 0.1) is 5.82 Å². The molecule has 0 aliphatic heterocycles. The molecule has 0 amide bonds. The Morgan fingerprint density at radius 1 is 1.57 bits per heavy atom. The molecule has 1 nitrogen and oxygen atoms in total. The van der Waals surface area contributed by atoms with Crippen LogP contribution in [0.1, 0.15) is 6.92 Å². The number of nitrogen functional groups attached to an aromatic ring is 1. The summed E-state index contributed by atoms with van der Waals surface area (Å²) < 4.78 is 12.9. The second-order valence-corrected chi connectivity index (χ2v) is 4.15. The molecule has 0 saturated carbocycles. The number of allylic oxidation sites excluding steroid dienone is 1. The number of anilines is 1. The smallest absolute Gasteiger partial charge is 0.147 e. The molecule has 0 heterocycles. The van der Waals surface area contributed by atoms with Gasteiger partial charge in [0.2, 0.25) is 0 Å². The molecule has 1 aromatic rings. The van der Waals surface area contributed by atoms with Crippen molar-refractivity contribution in [3.8, 4) is 0 Å². The second kappa shape index (κ2) is 5.27. The van der Waals surface area contributed by atoms with E-state index in [9.17, 15) is 4.39 Å². The van der Waals surface area contributed by atoms with Gasteiger partial charge in [-0.25, -0.2) is 4.39 Å². The third-order valence-electron chi connectivity index (χ3n) is 1.62. The molecule has 0 spiro atoms. The number of hydrogen-bond acceptors (Lipinski definition) is 2. The maximum absolute atomic E-state index is 12.9. The van der Waals surface area contributed by atoms with Crippen LogP contribution >= 0.6 is 23.4 Å². The molecular weight excluding hydrogens is 221 g/mol. The molecule has 0 fully saturated rings. The van der Waals surface area contributed by atoms with Gasteiger partial charge in [0.25, 0.3) is 0 Å². The van der Waals surface area contributed by atoms with E-state index >= 15 is 0 Å². The number of rotatable bonds is 3. The molecule has 0 radical (unpaired) electrons. The predicted octanol–water partition coefficient (Wildman–Crippen LogP) is 3.73. The van der Waals surface area contributed by atoms with Crippen molar-refractivity contribution in [1.29, 1.82) is 0 Å². The van der Waals surface area contributed by atoms with E-state index in [4.69, 9.17) is 17.3 Å². The molecule has 76 valence electrons. The van der Waals surface area contributed by atoms with Crippen LogP contribution in [0.5, 0.6) is 0 Å². The monoisotopic (exact) mass is 231 g/mol. The van der Waals surface area contributed by atoms with Crippen LogP contribution < -0.4 is 5.73 Å². The Kier molecular flexibility index (Phi) is 4.29. The summed E-state index contributed by atoms with van der Waals surface area (Å²) in [6, 6.07) is 2.81. The summed E-state index contributed by atoms with van der Waals surface area (Å²) in [7, 11) is 0. The van der Waals surface area contributed by atoms with E-state index in [1.54, 1.807) is 6.07 Å². The molecule has 0 aliphatic rings. The first-order chi connectivity index (χ1) is 6.65. The Balaban J connectivity index is 2.81. The van der Waals surface area contributed by atoms with E-state index in [1.165, 1.54) is 17.8 Å². The SMILES string of the molecule is C/C=C\CSc1cc(N)c(F)cc1Cl. The van der Waals surface area contributed by atoms with Gasteiger partial charge in [-0.2, -0.15) is 0 Å². The highest BCUT2D eigenvalue weighted by molar-refractivity contribution is 7.99. The zero-order valence-electron chi connectivity index (χ0n) is 7.76. The van der Waals surface area contributed by atoms with Crippen molar-refractivity contribution >= 4 is 29.1 Å². The van der Waals surface area contributed by atoms with Crippen LogP contribution in [0.15, 0.2) is 29.2 Å². The summed E-state index contributed by atoms with van der Waals surface area (Å²) in [5.74, 6) is 0.340. The highest BCUT2D eigenvalue weighted by Crippen LogP contribution is 2.30. The summed E-state index contributed by atoms with van der Waals surface area (Å²) in [5, 5.41) is 0.409. The fourth-order valence-corrected chi connectivity index (χ4v) is 2.08. The lowest BCUT2D eigenvalue weighted by atomic mass is 10.3. The Morgan fingerprint density at radius 2 is 2.29 bits per heavy atom. The lowest BCUT2D eigenvalue weighted by molar-refractivity contribution is 0.631. The number of benzene rings is 1. The Bertz CT molecular complexity index is 352. The molecule has 1 rings (SSSR count). The molecule has 0 saturated heterocycles. The molecule has 0 aromatic heterocycles. The fourth-order valence-electron chi connectivity index (χ4n) is 0.890. The molecule has 0 aliphatic carbocycles. The average molecular weight is 232 g/mol. The van der Waals surface area contributed by atoms with Crippen LogP contribution in [-0.2, 0) is 0 Å². The second-order valence-electron chi connectivity index (χ2n) is 2.68. The summed E-state index contributed by atoms with van der Waals surface area (Å²) in [5.41, 5.74) is 5.57. The minimum Gasteiger partial charge on any atom is -0.396 e. The molecule has 14 heavy (non-hydrogen) atoms. The highest BCUT2D eigenvalue weighted by atomic mass is 35.5.